The molecule has 0 fully saturated rings. The van der Waals surface area contributed by atoms with E-state index in [1.165, 1.54) is 17.4 Å². The number of ether oxygens (including phenoxy) is 2. The van der Waals surface area contributed by atoms with Gasteiger partial charge in [-0.25, -0.2) is 0 Å². The summed E-state index contributed by atoms with van der Waals surface area (Å²) in [5, 5.41) is 11.6. The molecule has 2 rings (SSSR count). The number of nitrogens with one attached hydrogen (secondary N) is 1. The standard InChI is InChI=1S/C16H19N3O3S/c1-4-9-22-13-7-5-12(10-14(13)21-3)6-8-15(20)17-16-19-18-11(2)23-16/h5-8,10H,4,9H2,1-3H3,(H,17,19,20)/b8-6+. The zero-order valence-corrected chi connectivity index (χ0v) is 14.1. The predicted molar refractivity (Wildman–Crippen MR) is 91.1 cm³/mol. The van der Waals surface area contributed by atoms with Crippen LogP contribution in [0.1, 0.15) is 23.9 Å². The lowest BCUT2D eigenvalue weighted by Crippen LogP contribution is -2.07. The van der Waals surface area contributed by atoms with E-state index in [4.69, 9.17) is 9.47 Å². The minimum Gasteiger partial charge on any atom is -0.493 e. The van der Waals surface area contributed by atoms with Crippen LogP contribution in [0.5, 0.6) is 11.5 Å². The van der Waals surface area contributed by atoms with E-state index >= 15 is 0 Å². The van der Waals surface area contributed by atoms with Crippen molar-refractivity contribution in [2.45, 2.75) is 20.3 Å². The van der Waals surface area contributed by atoms with Crippen LogP contribution in [0.4, 0.5) is 5.13 Å². The van der Waals surface area contributed by atoms with Crippen LogP contribution in [0.3, 0.4) is 0 Å². The third-order valence-corrected chi connectivity index (χ3v) is 3.59. The van der Waals surface area contributed by atoms with Crippen LogP contribution in [0, 0.1) is 6.92 Å². The van der Waals surface area contributed by atoms with Crippen molar-refractivity contribution in [3.63, 3.8) is 0 Å². The molecule has 0 atom stereocenters. The SMILES string of the molecule is CCCOc1ccc(/C=C/C(=O)Nc2nnc(C)s2)cc1OC. The topological polar surface area (TPSA) is 73.3 Å². The second-order valence-corrected chi connectivity index (χ2v) is 5.89. The zero-order chi connectivity index (χ0) is 16.7. The number of carbonyl (C=O) groups is 1. The van der Waals surface area contributed by atoms with E-state index in [9.17, 15) is 4.79 Å². The molecule has 6 nitrogen and oxygen atoms in total. The van der Waals surface area contributed by atoms with E-state index in [-0.39, 0.29) is 5.91 Å². The lowest BCUT2D eigenvalue weighted by atomic mass is 10.2. The quantitative estimate of drug-likeness (QED) is 0.787. The molecule has 0 bridgehead atoms. The van der Waals surface area contributed by atoms with Crippen LogP contribution in [-0.2, 0) is 4.79 Å². The molecule has 1 amide bonds. The molecular weight excluding hydrogens is 314 g/mol. The lowest BCUT2D eigenvalue weighted by Gasteiger charge is -2.10. The minimum atomic E-state index is -0.258. The Morgan fingerprint density at radius 1 is 1.35 bits per heavy atom. The van der Waals surface area contributed by atoms with Crippen LogP contribution in [0.25, 0.3) is 6.08 Å². The Morgan fingerprint density at radius 2 is 2.17 bits per heavy atom. The summed E-state index contributed by atoms with van der Waals surface area (Å²) in [6.45, 7) is 4.51. The molecule has 0 aliphatic carbocycles. The van der Waals surface area contributed by atoms with Crippen molar-refractivity contribution in [3.8, 4) is 11.5 Å². The number of hydrogen-bond acceptors (Lipinski definition) is 6. The number of amides is 1. The Labute approximate surface area is 139 Å². The van der Waals surface area contributed by atoms with E-state index in [1.54, 1.807) is 13.2 Å². The second-order valence-electron chi connectivity index (χ2n) is 4.71. The van der Waals surface area contributed by atoms with E-state index in [2.05, 4.69) is 15.5 Å². The van der Waals surface area contributed by atoms with Crippen molar-refractivity contribution in [2.24, 2.45) is 0 Å². The highest BCUT2D eigenvalue weighted by molar-refractivity contribution is 7.15. The summed E-state index contributed by atoms with van der Waals surface area (Å²) in [7, 11) is 1.59. The number of carbonyl (C=O) groups excluding carboxylic acids is 1. The molecule has 1 heterocycles. The van der Waals surface area contributed by atoms with Crippen molar-refractivity contribution in [1.29, 1.82) is 0 Å². The summed E-state index contributed by atoms with van der Waals surface area (Å²) in [6.07, 6.45) is 4.07. The van der Waals surface area contributed by atoms with Gasteiger partial charge in [-0.15, -0.1) is 10.2 Å². The van der Waals surface area contributed by atoms with Gasteiger partial charge >= 0.3 is 0 Å². The average molecular weight is 333 g/mol. The van der Waals surface area contributed by atoms with Crippen LogP contribution in [0.2, 0.25) is 0 Å². The van der Waals surface area contributed by atoms with Gasteiger partial charge in [0.05, 0.1) is 13.7 Å². The van der Waals surface area contributed by atoms with Crippen LogP contribution < -0.4 is 14.8 Å². The molecular formula is C16H19N3O3S. The van der Waals surface area contributed by atoms with Crippen molar-refractivity contribution < 1.29 is 14.3 Å². The van der Waals surface area contributed by atoms with E-state index in [0.717, 1.165) is 17.0 Å². The maximum absolute atomic E-state index is 11.8. The van der Waals surface area contributed by atoms with Gasteiger partial charge in [0.25, 0.3) is 0 Å². The van der Waals surface area contributed by atoms with Crippen LogP contribution in [0.15, 0.2) is 24.3 Å². The fourth-order valence-electron chi connectivity index (χ4n) is 1.79. The average Bonchev–Trinajstić information content (AvgIpc) is 2.96. The molecule has 23 heavy (non-hydrogen) atoms. The number of hydrogen-bond donors (Lipinski definition) is 1. The Kier molecular flexibility index (Phi) is 6.10. The number of rotatable bonds is 7. The van der Waals surface area contributed by atoms with E-state index in [1.807, 2.05) is 32.0 Å². The first-order valence-corrected chi connectivity index (χ1v) is 8.04. The summed E-state index contributed by atoms with van der Waals surface area (Å²) in [6, 6.07) is 5.52. The number of aryl methyl sites for hydroxylation is 1. The summed E-state index contributed by atoms with van der Waals surface area (Å²) in [5.41, 5.74) is 0.842. The van der Waals surface area contributed by atoms with Gasteiger partial charge in [-0.1, -0.05) is 24.3 Å². The fraction of sp³-hybridized carbons (Fsp3) is 0.312. The van der Waals surface area contributed by atoms with Crippen molar-refractivity contribution >= 4 is 28.5 Å². The lowest BCUT2D eigenvalue weighted by molar-refractivity contribution is -0.111. The molecule has 7 heteroatoms. The normalized spacial score (nSPS) is 10.7. The van der Waals surface area contributed by atoms with Gasteiger partial charge in [-0.05, 0) is 37.1 Å². The summed E-state index contributed by atoms with van der Waals surface area (Å²) in [5.74, 6) is 1.08. The molecule has 0 saturated carbocycles. The van der Waals surface area contributed by atoms with Crippen molar-refractivity contribution in [1.82, 2.24) is 10.2 Å². The summed E-state index contributed by atoms with van der Waals surface area (Å²) < 4.78 is 10.9. The summed E-state index contributed by atoms with van der Waals surface area (Å²) >= 11 is 1.33. The highest BCUT2D eigenvalue weighted by atomic mass is 32.1. The van der Waals surface area contributed by atoms with Gasteiger partial charge in [-0.3, -0.25) is 10.1 Å². The first-order valence-electron chi connectivity index (χ1n) is 7.22. The zero-order valence-electron chi connectivity index (χ0n) is 13.3. The van der Waals surface area contributed by atoms with Gasteiger partial charge in [0.1, 0.15) is 5.01 Å². The Bertz CT molecular complexity index is 698. The molecule has 0 spiro atoms. The second kappa shape index (κ2) is 8.28. The maximum Gasteiger partial charge on any atom is 0.250 e. The van der Waals surface area contributed by atoms with Gasteiger partial charge < -0.3 is 9.47 Å². The van der Waals surface area contributed by atoms with Gasteiger partial charge in [0.2, 0.25) is 11.0 Å². The monoisotopic (exact) mass is 333 g/mol. The van der Waals surface area contributed by atoms with E-state index < -0.39 is 0 Å². The highest BCUT2D eigenvalue weighted by Gasteiger charge is 2.06. The largest absolute Gasteiger partial charge is 0.493 e. The molecule has 1 N–H and O–H groups in total. The van der Waals surface area contributed by atoms with Gasteiger partial charge in [-0.2, -0.15) is 0 Å². The first-order chi connectivity index (χ1) is 11.1. The molecule has 0 aliphatic heterocycles. The van der Waals surface area contributed by atoms with Gasteiger partial charge in [0, 0.05) is 6.08 Å². The molecule has 0 radical (unpaired) electrons. The molecule has 0 aliphatic rings. The van der Waals surface area contributed by atoms with Crippen molar-refractivity contribution in [3.05, 3.63) is 34.8 Å². The number of benzene rings is 1. The smallest absolute Gasteiger partial charge is 0.250 e. The highest BCUT2D eigenvalue weighted by Crippen LogP contribution is 2.28. The fourth-order valence-corrected chi connectivity index (χ4v) is 2.38. The Hall–Kier alpha value is -2.41. The molecule has 122 valence electrons. The number of nitrogens with zero attached hydrogens (tertiary/aromatic N) is 2. The Balaban J connectivity index is 2.02. The van der Waals surface area contributed by atoms with Crippen LogP contribution in [-0.4, -0.2) is 29.8 Å². The molecule has 1 aromatic heterocycles. The molecule has 1 aromatic carbocycles. The predicted octanol–water partition coefficient (Wildman–Crippen LogP) is 3.30. The third kappa shape index (κ3) is 5.07. The molecule has 0 unspecified atom stereocenters. The van der Waals surface area contributed by atoms with Crippen LogP contribution >= 0.6 is 11.3 Å². The number of anilines is 1. The Morgan fingerprint density at radius 3 is 2.83 bits per heavy atom. The third-order valence-electron chi connectivity index (χ3n) is 2.83. The number of methoxy groups -OCH3 is 1. The first kappa shape index (κ1) is 17.0. The minimum absolute atomic E-state index is 0.258. The summed E-state index contributed by atoms with van der Waals surface area (Å²) in [4.78, 5) is 11.8. The van der Waals surface area contributed by atoms with Gasteiger partial charge in [0.15, 0.2) is 11.5 Å². The van der Waals surface area contributed by atoms with Crippen molar-refractivity contribution in [2.75, 3.05) is 19.0 Å². The number of aromatic nitrogens is 2. The molecule has 2 aromatic rings. The van der Waals surface area contributed by atoms with E-state index in [0.29, 0.717) is 23.2 Å². The maximum atomic E-state index is 11.8. The molecule has 0 saturated heterocycles.